The van der Waals surface area contributed by atoms with Crippen molar-refractivity contribution in [1.82, 2.24) is 19.1 Å². The molecule has 1 aliphatic heterocycles. The van der Waals surface area contributed by atoms with Gasteiger partial charge in [-0.25, -0.2) is 14.8 Å². The molecule has 11 heteroatoms. The van der Waals surface area contributed by atoms with Gasteiger partial charge in [0.25, 0.3) is 5.56 Å². The van der Waals surface area contributed by atoms with Crippen LogP contribution in [0, 0.1) is 0 Å². The first kappa shape index (κ1) is 21.7. The summed E-state index contributed by atoms with van der Waals surface area (Å²) in [4.78, 5) is 47.2. The van der Waals surface area contributed by atoms with Crippen molar-refractivity contribution in [1.29, 1.82) is 0 Å². The topological polar surface area (TPSA) is 117 Å². The number of nitrogens with one attached hydrogen (secondary N) is 1. The summed E-state index contributed by atoms with van der Waals surface area (Å²) in [6, 6.07) is 14.3. The van der Waals surface area contributed by atoms with E-state index in [2.05, 4.69) is 15.3 Å². The molecule has 10 nitrogen and oxygen atoms in total. The van der Waals surface area contributed by atoms with Crippen molar-refractivity contribution in [2.75, 3.05) is 17.9 Å². The van der Waals surface area contributed by atoms with Gasteiger partial charge in [-0.1, -0.05) is 42.1 Å². The van der Waals surface area contributed by atoms with Crippen LogP contribution in [0.25, 0.3) is 22.4 Å². The van der Waals surface area contributed by atoms with Gasteiger partial charge in [0.1, 0.15) is 10.4 Å². The summed E-state index contributed by atoms with van der Waals surface area (Å²) in [6.45, 7) is 0.143. The fraction of sp³-hybridized carbons (Fsp3) is 0.174. The molecule has 0 atom stereocenters. The van der Waals surface area contributed by atoms with Crippen molar-refractivity contribution in [2.45, 2.75) is 5.03 Å². The summed E-state index contributed by atoms with van der Waals surface area (Å²) in [6.07, 6.45) is 0. The molecule has 4 aromatic rings. The van der Waals surface area contributed by atoms with Gasteiger partial charge in [-0.2, -0.15) is 0 Å². The van der Waals surface area contributed by atoms with E-state index in [1.165, 1.54) is 11.6 Å². The highest BCUT2D eigenvalue weighted by Crippen LogP contribution is 2.34. The Morgan fingerprint density at radius 1 is 1.03 bits per heavy atom. The molecular formula is C23H19N5O5S. The summed E-state index contributed by atoms with van der Waals surface area (Å²) >= 11 is 1.10. The van der Waals surface area contributed by atoms with Gasteiger partial charge in [0, 0.05) is 31.4 Å². The van der Waals surface area contributed by atoms with Crippen molar-refractivity contribution in [2.24, 2.45) is 14.1 Å². The minimum Gasteiger partial charge on any atom is -0.454 e. The fourth-order valence-corrected chi connectivity index (χ4v) is 4.37. The zero-order chi connectivity index (χ0) is 23.8. The van der Waals surface area contributed by atoms with E-state index in [0.29, 0.717) is 28.0 Å². The van der Waals surface area contributed by atoms with E-state index >= 15 is 0 Å². The Bertz CT molecular complexity index is 1550. The van der Waals surface area contributed by atoms with Crippen molar-refractivity contribution in [3.63, 3.8) is 0 Å². The fourth-order valence-electron chi connectivity index (χ4n) is 3.55. The molecule has 0 saturated heterocycles. The third-order valence-corrected chi connectivity index (χ3v) is 6.27. The predicted octanol–water partition coefficient (Wildman–Crippen LogP) is 2.15. The van der Waals surface area contributed by atoms with E-state index in [-0.39, 0.29) is 29.5 Å². The number of amides is 1. The number of rotatable bonds is 5. The number of thioether (sulfide) groups is 1. The second-order valence-electron chi connectivity index (χ2n) is 7.53. The number of aromatic nitrogens is 4. The Morgan fingerprint density at radius 3 is 2.59 bits per heavy atom. The van der Waals surface area contributed by atoms with Crippen LogP contribution >= 0.6 is 11.8 Å². The Labute approximate surface area is 197 Å². The number of hydrogen-bond acceptors (Lipinski definition) is 8. The Kier molecular flexibility index (Phi) is 5.54. The molecule has 2 aromatic heterocycles. The van der Waals surface area contributed by atoms with Crippen LogP contribution in [-0.4, -0.2) is 37.6 Å². The first-order chi connectivity index (χ1) is 16.4. The van der Waals surface area contributed by atoms with E-state index in [1.54, 1.807) is 25.2 Å². The maximum Gasteiger partial charge on any atom is 0.332 e. The Hall–Kier alpha value is -4.12. The highest BCUT2D eigenvalue weighted by Gasteiger charge is 2.19. The molecular weight excluding hydrogens is 458 g/mol. The molecule has 172 valence electrons. The van der Waals surface area contributed by atoms with Gasteiger partial charge in [0.2, 0.25) is 12.7 Å². The maximum atomic E-state index is 12.9. The zero-order valence-corrected chi connectivity index (χ0v) is 19.1. The number of benzene rings is 2. The second kappa shape index (κ2) is 8.67. The van der Waals surface area contributed by atoms with Gasteiger partial charge in [0.15, 0.2) is 23.0 Å². The van der Waals surface area contributed by atoms with Crippen molar-refractivity contribution in [3.05, 3.63) is 69.4 Å². The summed E-state index contributed by atoms with van der Waals surface area (Å²) in [5.74, 6) is 1.23. The van der Waals surface area contributed by atoms with Crippen molar-refractivity contribution in [3.8, 4) is 22.9 Å². The Morgan fingerprint density at radius 2 is 1.79 bits per heavy atom. The van der Waals surface area contributed by atoms with Gasteiger partial charge < -0.3 is 14.8 Å². The highest BCUT2D eigenvalue weighted by atomic mass is 32.2. The molecule has 0 aliphatic carbocycles. The van der Waals surface area contributed by atoms with Crippen LogP contribution in [-0.2, 0) is 18.9 Å². The summed E-state index contributed by atoms with van der Waals surface area (Å²) < 4.78 is 12.9. The lowest BCUT2D eigenvalue weighted by Crippen LogP contribution is -2.37. The summed E-state index contributed by atoms with van der Waals surface area (Å²) in [7, 11) is 2.95. The van der Waals surface area contributed by atoms with E-state index in [0.717, 1.165) is 21.9 Å². The summed E-state index contributed by atoms with van der Waals surface area (Å²) in [5.41, 5.74) is 0.485. The lowest BCUT2D eigenvalue weighted by atomic mass is 10.2. The number of fused-ring (bicyclic) bond motifs is 2. The number of hydrogen-bond donors (Lipinski definition) is 1. The van der Waals surface area contributed by atoms with Crippen molar-refractivity contribution < 1.29 is 14.3 Å². The average Bonchev–Trinajstić information content (AvgIpc) is 3.33. The largest absolute Gasteiger partial charge is 0.454 e. The molecule has 34 heavy (non-hydrogen) atoms. The lowest BCUT2D eigenvalue weighted by Gasteiger charge is -2.12. The molecule has 0 bridgehead atoms. The number of ether oxygens (including phenoxy) is 2. The molecule has 0 spiro atoms. The van der Waals surface area contributed by atoms with Crippen LogP contribution < -0.4 is 26.0 Å². The molecule has 0 radical (unpaired) electrons. The average molecular weight is 478 g/mol. The number of carbonyl (C=O) groups excluding carboxylic acids is 1. The maximum absolute atomic E-state index is 12.9. The van der Waals surface area contributed by atoms with E-state index in [1.807, 2.05) is 30.3 Å². The van der Waals surface area contributed by atoms with E-state index in [4.69, 9.17) is 9.47 Å². The first-order valence-electron chi connectivity index (χ1n) is 10.3. The first-order valence-corrected chi connectivity index (χ1v) is 11.3. The molecule has 3 heterocycles. The number of anilines is 1. The van der Waals surface area contributed by atoms with Gasteiger partial charge in [-0.15, -0.1) is 0 Å². The normalized spacial score (nSPS) is 12.2. The quantitative estimate of drug-likeness (QED) is 0.343. The molecule has 5 rings (SSSR count). The van der Waals surface area contributed by atoms with E-state index < -0.39 is 11.2 Å². The summed E-state index contributed by atoms with van der Waals surface area (Å²) in [5, 5.41) is 3.31. The van der Waals surface area contributed by atoms with Gasteiger partial charge in [-0.05, 0) is 12.1 Å². The minimum atomic E-state index is -0.517. The van der Waals surface area contributed by atoms with Gasteiger partial charge in [-0.3, -0.25) is 18.7 Å². The van der Waals surface area contributed by atoms with Gasteiger partial charge >= 0.3 is 5.69 Å². The Balaban J connectivity index is 1.49. The number of aryl methyl sites for hydroxylation is 1. The molecule has 0 fully saturated rings. The van der Waals surface area contributed by atoms with E-state index in [9.17, 15) is 14.4 Å². The van der Waals surface area contributed by atoms with Crippen LogP contribution in [0.2, 0.25) is 0 Å². The zero-order valence-electron chi connectivity index (χ0n) is 18.3. The van der Waals surface area contributed by atoms with Crippen LogP contribution in [0.4, 0.5) is 5.69 Å². The smallest absolute Gasteiger partial charge is 0.332 e. The SMILES string of the molecule is Cn1c(=O)c2c(SCC(=O)Nc3ccc4c(c3)OCO4)nc(-c3ccccc3)nc2n(C)c1=O. The third kappa shape index (κ3) is 3.90. The lowest BCUT2D eigenvalue weighted by molar-refractivity contribution is -0.113. The van der Waals surface area contributed by atoms with Crippen LogP contribution in [0.3, 0.4) is 0 Å². The molecule has 0 unspecified atom stereocenters. The standard InChI is InChI=1S/C23H19N5O5S/c1-27-20-18(22(30)28(2)23(27)31)21(26-19(25-20)13-6-4-3-5-7-13)34-11-17(29)24-14-8-9-15-16(10-14)33-12-32-15/h3-10H,11-12H2,1-2H3,(H,24,29). The third-order valence-electron chi connectivity index (χ3n) is 5.30. The van der Waals surface area contributed by atoms with Crippen LogP contribution in [0.1, 0.15) is 0 Å². The van der Waals surface area contributed by atoms with Crippen LogP contribution in [0.15, 0.2) is 63.1 Å². The molecule has 1 N–H and O–H groups in total. The molecule has 1 aliphatic rings. The van der Waals surface area contributed by atoms with Crippen molar-refractivity contribution >= 4 is 34.4 Å². The van der Waals surface area contributed by atoms with Gasteiger partial charge in [0.05, 0.1) is 5.75 Å². The van der Waals surface area contributed by atoms with Crippen LogP contribution in [0.5, 0.6) is 11.5 Å². The molecule has 0 saturated carbocycles. The minimum absolute atomic E-state index is 0.0131. The highest BCUT2D eigenvalue weighted by molar-refractivity contribution is 8.00. The second-order valence-corrected chi connectivity index (χ2v) is 8.49. The molecule has 1 amide bonds. The monoisotopic (exact) mass is 477 g/mol. The predicted molar refractivity (Wildman–Crippen MR) is 127 cm³/mol. The number of carbonyl (C=O) groups is 1. The molecule has 2 aromatic carbocycles. The number of nitrogens with zero attached hydrogens (tertiary/aromatic N) is 4.